The lowest BCUT2D eigenvalue weighted by Crippen LogP contribution is -2.30. The van der Waals surface area contributed by atoms with E-state index >= 15 is 0 Å². The first-order valence-corrected chi connectivity index (χ1v) is 9.21. The van der Waals surface area contributed by atoms with E-state index in [1.54, 1.807) is 0 Å². The van der Waals surface area contributed by atoms with E-state index in [1.807, 2.05) is 0 Å². The summed E-state index contributed by atoms with van der Waals surface area (Å²) in [5, 5.41) is 15.0. The smallest absolute Gasteiger partial charge is 0.220 e. The summed E-state index contributed by atoms with van der Waals surface area (Å²) in [5.41, 5.74) is 0. The molecule has 1 amide bonds. The van der Waals surface area contributed by atoms with Crippen LogP contribution in [-0.2, 0) is 24.2 Å². The second kappa shape index (κ2) is 11.7. The lowest BCUT2D eigenvalue weighted by atomic mass is 9.93. The third kappa shape index (κ3) is 6.76. The minimum atomic E-state index is 0. The van der Waals surface area contributed by atoms with Crippen LogP contribution in [0.5, 0.6) is 0 Å². The molecule has 2 aliphatic heterocycles. The van der Waals surface area contributed by atoms with Crippen molar-refractivity contribution in [1.82, 2.24) is 25.4 Å². The number of hydrogen-bond acceptors (Lipinski definition) is 4. The molecule has 2 N–H and O–H groups in total. The third-order valence-corrected chi connectivity index (χ3v) is 5.10. The van der Waals surface area contributed by atoms with Crippen molar-refractivity contribution in [2.45, 2.75) is 64.3 Å². The molecule has 8 heteroatoms. The van der Waals surface area contributed by atoms with E-state index in [4.69, 9.17) is 0 Å². The summed E-state index contributed by atoms with van der Waals surface area (Å²) in [6.45, 7) is 3.90. The maximum Gasteiger partial charge on any atom is 0.220 e. The monoisotopic (exact) mass is 391 g/mol. The molecule has 0 radical (unpaired) electrons. The van der Waals surface area contributed by atoms with Crippen LogP contribution in [0, 0.1) is 5.92 Å². The number of nitrogens with zero attached hydrogens (tertiary/aromatic N) is 3. The van der Waals surface area contributed by atoms with E-state index in [9.17, 15) is 4.79 Å². The average Bonchev–Trinajstić information content (AvgIpc) is 2.81. The molecule has 1 fully saturated rings. The van der Waals surface area contributed by atoms with Crippen molar-refractivity contribution in [2.24, 2.45) is 5.92 Å². The molecular weight excluding hydrogens is 361 g/mol. The number of amides is 1. The average molecular weight is 392 g/mol. The summed E-state index contributed by atoms with van der Waals surface area (Å²) in [4.78, 5) is 12.0. The number of halogens is 2. The van der Waals surface area contributed by atoms with Gasteiger partial charge >= 0.3 is 0 Å². The van der Waals surface area contributed by atoms with Crippen LogP contribution >= 0.6 is 24.8 Å². The molecule has 1 aromatic rings. The number of aryl methyl sites for hydroxylation is 1. The standard InChI is InChI=1S/C17H29N5O.2ClH/c23-17(6-5-14-7-10-18-11-8-14)19-12-9-16-21-20-15-4-2-1-3-13-22(15)16;;/h14,18H,1-13H2,(H,19,23);2*1H. The lowest BCUT2D eigenvalue weighted by molar-refractivity contribution is -0.121. The normalized spacial score (nSPS) is 17.6. The molecule has 0 aromatic carbocycles. The van der Waals surface area contributed by atoms with Crippen LogP contribution in [0.25, 0.3) is 0 Å². The highest BCUT2D eigenvalue weighted by Gasteiger charge is 2.16. The van der Waals surface area contributed by atoms with Crippen molar-refractivity contribution in [3.05, 3.63) is 11.6 Å². The van der Waals surface area contributed by atoms with Crippen LogP contribution < -0.4 is 10.6 Å². The molecule has 144 valence electrons. The molecule has 1 aromatic heterocycles. The summed E-state index contributed by atoms with van der Waals surface area (Å²) < 4.78 is 2.26. The van der Waals surface area contributed by atoms with Crippen LogP contribution in [0.3, 0.4) is 0 Å². The van der Waals surface area contributed by atoms with Crippen molar-refractivity contribution < 1.29 is 4.79 Å². The quantitative estimate of drug-likeness (QED) is 0.779. The predicted molar refractivity (Wildman–Crippen MR) is 104 cm³/mol. The first-order chi connectivity index (χ1) is 11.3. The highest BCUT2D eigenvalue weighted by atomic mass is 35.5. The highest BCUT2D eigenvalue weighted by molar-refractivity contribution is 5.85. The maximum atomic E-state index is 12.0. The molecule has 6 nitrogen and oxygen atoms in total. The fourth-order valence-electron chi connectivity index (χ4n) is 3.64. The number of nitrogens with one attached hydrogen (secondary N) is 2. The van der Waals surface area contributed by atoms with E-state index in [1.165, 1.54) is 32.1 Å². The third-order valence-electron chi connectivity index (χ3n) is 5.10. The van der Waals surface area contributed by atoms with Gasteiger partial charge in [-0.1, -0.05) is 6.42 Å². The van der Waals surface area contributed by atoms with Crippen LogP contribution in [-0.4, -0.2) is 40.3 Å². The summed E-state index contributed by atoms with van der Waals surface area (Å²) in [6, 6.07) is 0. The van der Waals surface area contributed by atoms with E-state index in [-0.39, 0.29) is 30.7 Å². The maximum absolute atomic E-state index is 12.0. The molecule has 1 saturated heterocycles. The van der Waals surface area contributed by atoms with E-state index in [0.29, 0.717) is 18.9 Å². The fraction of sp³-hybridized carbons (Fsp3) is 0.824. The van der Waals surface area contributed by atoms with Crippen molar-refractivity contribution >= 4 is 30.7 Å². The van der Waals surface area contributed by atoms with Gasteiger partial charge in [-0.2, -0.15) is 0 Å². The van der Waals surface area contributed by atoms with Gasteiger partial charge in [0, 0.05) is 32.4 Å². The second-order valence-electron chi connectivity index (χ2n) is 6.83. The SMILES string of the molecule is Cl.Cl.O=C(CCC1CCNCC1)NCCc1nnc2n1CCCCC2. The number of aromatic nitrogens is 3. The largest absolute Gasteiger partial charge is 0.356 e. The number of rotatable bonds is 6. The van der Waals surface area contributed by atoms with Gasteiger partial charge in [-0.3, -0.25) is 4.79 Å². The Bertz CT molecular complexity index is 517. The predicted octanol–water partition coefficient (Wildman–Crippen LogP) is 2.29. The number of hydrogen-bond donors (Lipinski definition) is 2. The van der Waals surface area contributed by atoms with Gasteiger partial charge in [0.2, 0.25) is 5.91 Å². The molecular formula is C17H31Cl2N5O. The Balaban J connectivity index is 0.00000156. The van der Waals surface area contributed by atoms with Gasteiger partial charge in [0.25, 0.3) is 0 Å². The number of carbonyl (C=O) groups excluding carboxylic acids is 1. The molecule has 25 heavy (non-hydrogen) atoms. The van der Waals surface area contributed by atoms with Crippen molar-refractivity contribution in [1.29, 1.82) is 0 Å². The molecule has 0 atom stereocenters. The Hall–Kier alpha value is -0.850. The Kier molecular flexibility index (Phi) is 10.4. The Morgan fingerprint density at radius 1 is 1.16 bits per heavy atom. The molecule has 0 spiro atoms. The fourth-order valence-corrected chi connectivity index (χ4v) is 3.64. The van der Waals surface area contributed by atoms with Gasteiger partial charge in [0.1, 0.15) is 11.6 Å². The molecule has 0 bridgehead atoms. The first-order valence-electron chi connectivity index (χ1n) is 9.21. The Morgan fingerprint density at radius 3 is 2.76 bits per heavy atom. The zero-order valence-corrected chi connectivity index (χ0v) is 16.5. The number of piperidine rings is 1. The molecule has 0 aliphatic carbocycles. The van der Waals surface area contributed by atoms with Crippen molar-refractivity contribution in [3.8, 4) is 0 Å². The van der Waals surface area contributed by atoms with E-state index in [0.717, 1.165) is 50.5 Å². The topological polar surface area (TPSA) is 71.8 Å². The van der Waals surface area contributed by atoms with Crippen LogP contribution in [0.15, 0.2) is 0 Å². The Labute approximate surface area is 162 Å². The minimum absolute atomic E-state index is 0. The van der Waals surface area contributed by atoms with Crippen molar-refractivity contribution in [2.75, 3.05) is 19.6 Å². The lowest BCUT2D eigenvalue weighted by Gasteiger charge is -2.22. The zero-order chi connectivity index (χ0) is 15.9. The summed E-state index contributed by atoms with van der Waals surface area (Å²) >= 11 is 0. The first kappa shape index (κ1) is 22.2. The van der Waals surface area contributed by atoms with E-state index in [2.05, 4.69) is 25.4 Å². The summed E-state index contributed by atoms with van der Waals surface area (Å²) in [5.74, 6) is 3.05. The van der Waals surface area contributed by atoms with Crippen molar-refractivity contribution in [3.63, 3.8) is 0 Å². The van der Waals surface area contributed by atoms with Gasteiger partial charge in [-0.05, 0) is 51.1 Å². The number of carbonyl (C=O) groups is 1. The summed E-state index contributed by atoms with van der Waals surface area (Å²) in [6.07, 6.45) is 9.61. The number of fused-ring (bicyclic) bond motifs is 1. The molecule has 0 saturated carbocycles. The minimum Gasteiger partial charge on any atom is -0.356 e. The van der Waals surface area contributed by atoms with Crippen LogP contribution in [0.4, 0.5) is 0 Å². The molecule has 3 heterocycles. The van der Waals surface area contributed by atoms with Crippen LogP contribution in [0.2, 0.25) is 0 Å². The van der Waals surface area contributed by atoms with E-state index < -0.39 is 0 Å². The van der Waals surface area contributed by atoms with Crippen LogP contribution in [0.1, 0.15) is 56.6 Å². The molecule has 3 rings (SSSR count). The van der Waals surface area contributed by atoms with Gasteiger partial charge in [-0.15, -0.1) is 35.0 Å². The molecule has 0 unspecified atom stereocenters. The molecule has 2 aliphatic rings. The zero-order valence-electron chi connectivity index (χ0n) is 14.8. The summed E-state index contributed by atoms with van der Waals surface area (Å²) in [7, 11) is 0. The highest BCUT2D eigenvalue weighted by Crippen LogP contribution is 2.17. The Morgan fingerprint density at radius 2 is 1.96 bits per heavy atom. The van der Waals surface area contributed by atoms with Gasteiger partial charge in [0.05, 0.1) is 0 Å². The second-order valence-corrected chi connectivity index (χ2v) is 6.83. The van der Waals surface area contributed by atoms with Gasteiger partial charge < -0.3 is 15.2 Å². The van der Waals surface area contributed by atoms with Gasteiger partial charge in [0.15, 0.2) is 0 Å². The van der Waals surface area contributed by atoms with Gasteiger partial charge in [-0.25, -0.2) is 0 Å².